The number of aromatic nitrogens is 2. The van der Waals surface area contributed by atoms with Crippen molar-refractivity contribution in [2.24, 2.45) is 0 Å². The first-order valence-corrected chi connectivity index (χ1v) is 14.8. The largest absolute Gasteiger partial charge is 3.00 e. The van der Waals surface area contributed by atoms with Gasteiger partial charge in [0, 0.05) is 22.2 Å². The van der Waals surface area contributed by atoms with Crippen molar-refractivity contribution in [3.05, 3.63) is 150 Å². The molecule has 0 spiro atoms. The molecule has 0 unspecified atom stereocenters. The summed E-state index contributed by atoms with van der Waals surface area (Å²) in [6.45, 7) is 8.81. The number of fused-ring (bicyclic) bond motifs is 4. The minimum absolute atomic E-state index is 0. The molecular weight excluding hydrogens is 623 g/mol. The van der Waals surface area contributed by atoms with Crippen LogP contribution in [0.5, 0.6) is 0 Å². The summed E-state index contributed by atoms with van der Waals surface area (Å²) in [5.74, 6) is 0. The Bertz CT molecular complexity index is 1950. The quantitative estimate of drug-likeness (QED) is 0.164. The van der Waals surface area contributed by atoms with E-state index in [1.54, 1.807) is 0 Å². The van der Waals surface area contributed by atoms with Crippen molar-refractivity contribution in [1.29, 1.82) is 0 Å². The van der Waals surface area contributed by atoms with Crippen LogP contribution >= 0.6 is 11.6 Å². The molecule has 0 amide bonds. The van der Waals surface area contributed by atoms with E-state index in [-0.39, 0.29) is 26.2 Å². The topological polar surface area (TPSA) is 9.86 Å². The van der Waals surface area contributed by atoms with Gasteiger partial charge in [-0.1, -0.05) is 48.5 Å². The van der Waals surface area contributed by atoms with E-state index in [0.29, 0.717) is 0 Å². The Morgan fingerprint density at radius 1 is 0.512 bits per heavy atom. The molecule has 0 aliphatic heterocycles. The fourth-order valence-electron chi connectivity index (χ4n) is 6.25. The van der Waals surface area contributed by atoms with E-state index in [4.69, 9.17) is 0 Å². The zero-order valence-electron chi connectivity index (χ0n) is 25.0. The Labute approximate surface area is 278 Å². The van der Waals surface area contributed by atoms with Crippen LogP contribution in [0, 0.1) is 34.1 Å². The first-order valence-electron chi connectivity index (χ1n) is 14.2. The van der Waals surface area contributed by atoms with Crippen LogP contribution in [0.2, 0.25) is 0 Å². The molecule has 1 radical (unpaired) electrons. The third-order valence-corrected chi connectivity index (χ3v) is 8.58. The molecule has 0 fully saturated rings. The van der Waals surface area contributed by atoms with Crippen LogP contribution in [0.25, 0.3) is 54.7 Å². The average Bonchev–Trinajstić information content (AvgIpc) is 3.77. The number of aryl methyl sites for hydroxylation is 2. The maximum Gasteiger partial charge on any atom is 3.00 e. The van der Waals surface area contributed by atoms with Gasteiger partial charge in [0.1, 0.15) is 0 Å². The van der Waals surface area contributed by atoms with Crippen molar-refractivity contribution >= 4 is 55.0 Å². The van der Waals surface area contributed by atoms with Gasteiger partial charge in [-0.2, -0.15) is 0 Å². The molecule has 0 atom stereocenters. The van der Waals surface area contributed by atoms with E-state index >= 15 is 0 Å². The molecule has 0 aliphatic carbocycles. The SMILES string of the molecule is Cc1c(C)n(-c2cc3ccccc3[cH-]2)c2ccccc12.Cc1c(C)n(-c2cc3ccccc3[cH-]2)c2ccccc12.[CH2-]Cl.[Zr+3]. The summed E-state index contributed by atoms with van der Waals surface area (Å²) < 4.78 is 4.73. The van der Waals surface area contributed by atoms with E-state index in [2.05, 4.69) is 176 Å². The Morgan fingerprint density at radius 2 is 0.860 bits per heavy atom. The summed E-state index contributed by atoms with van der Waals surface area (Å²) in [5.41, 5.74) is 10.5. The second kappa shape index (κ2) is 12.9. The molecule has 2 aromatic heterocycles. The maximum absolute atomic E-state index is 4.39. The number of rotatable bonds is 2. The molecule has 43 heavy (non-hydrogen) atoms. The number of hydrogen-bond donors (Lipinski definition) is 0. The molecule has 4 heteroatoms. The molecule has 0 saturated carbocycles. The van der Waals surface area contributed by atoms with Gasteiger partial charge in [-0.15, -0.1) is 82.2 Å². The number of benzene rings is 4. The Hall–Kier alpha value is -3.65. The molecule has 0 N–H and O–H groups in total. The third kappa shape index (κ3) is 5.46. The fourth-order valence-corrected chi connectivity index (χ4v) is 6.25. The predicted molar refractivity (Wildman–Crippen MR) is 183 cm³/mol. The number of halogens is 1. The minimum Gasteiger partial charge on any atom is -0.352 e. The molecule has 0 aliphatic rings. The van der Waals surface area contributed by atoms with Gasteiger partial charge in [-0.25, -0.2) is 0 Å². The zero-order valence-corrected chi connectivity index (χ0v) is 28.2. The van der Waals surface area contributed by atoms with Gasteiger partial charge in [0.15, 0.2) is 0 Å². The average molecular weight is 657 g/mol. The van der Waals surface area contributed by atoms with E-state index in [1.165, 1.54) is 77.2 Å². The van der Waals surface area contributed by atoms with Gasteiger partial charge in [0.2, 0.25) is 0 Å². The van der Waals surface area contributed by atoms with Crippen molar-refractivity contribution in [1.82, 2.24) is 9.13 Å². The van der Waals surface area contributed by atoms with Crippen molar-refractivity contribution < 1.29 is 26.2 Å². The van der Waals surface area contributed by atoms with Crippen LogP contribution in [0.3, 0.4) is 0 Å². The van der Waals surface area contributed by atoms with Crippen molar-refractivity contribution in [2.45, 2.75) is 27.7 Å². The Balaban J connectivity index is 0.000000159. The number of para-hydroxylation sites is 2. The number of nitrogens with zero attached hydrogens (tertiary/aromatic N) is 2. The molecule has 2 nitrogen and oxygen atoms in total. The first-order chi connectivity index (χ1) is 20.5. The monoisotopic (exact) mass is 655 g/mol. The standard InChI is InChI=1S/2C19H16N.CH2Cl.Zr/c2*1-13-14(2)20(19-10-6-5-9-18(13)19)17-11-15-7-3-4-8-16(15)12-17;1-2;/h2*3-12H,1-2H3;1H2;/q3*-1;+3. The van der Waals surface area contributed by atoms with Gasteiger partial charge in [-0.3, -0.25) is 6.38 Å². The summed E-state index contributed by atoms with van der Waals surface area (Å²) in [5, 5.41) is 7.90. The zero-order chi connectivity index (χ0) is 29.4. The fraction of sp³-hybridized carbons (Fsp3) is 0.103. The number of hydrogen-bond acceptors (Lipinski definition) is 0. The molecule has 2 heterocycles. The third-order valence-electron chi connectivity index (χ3n) is 8.58. The summed E-state index contributed by atoms with van der Waals surface area (Å²) in [6.07, 6.45) is 2.72. The van der Waals surface area contributed by atoms with Crippen LogP contribution in [0.15, 0.2) is 121 Å². The summed E-state index contributed by atoms with van der Waals surface area (Å²) in [6, 6.07) is 43.4. The van der Waals surface area contributed by atoms with Crippen LogP contribution in [-0.2, 0) is 26.2 Å². The van der Waals surface area contributed by atoms with Gasteiger partial charge in [-0.05, 0) is 62.3 Å². The van der Waals surface area contributed by atoms with Crippen molar-refractivity contribution in [3.63, 3.8) is 0 Å². The van der Waals surface area contributed by atoms with Crippen LogP contribution in [-0.4, -0.2) is 9.13 Å². The molecule has 8 rings (SSSR count). The molecule has 0 bridgehead atoms. The van der Waals surface area contributed by atoms with Crippen molar-refractivity contribution in [2.75, 3.05) is 0 Å². The van der Waals surface area contributed by atoms with Crippen LogP contribution < -0.4 is 0 Å². The van der Waals surface area contributed by atoms with Gasteiger partial charge < -0.3 is 20.7 Å². The first kappa shape index (κ1) is 30.8. The van der Waals surface area contributed by atoms with E-state index < -0.39 is 0 Å². The van der Waals surface area contributed by atoms with Gasteiger partial charge in [0.05, 0.1) is 11.0 Å². The van der Waals surface area contributed by atoms with Crippen LogP contribution in [0.1, 0.15) is 22.5 Å². The Kier molecular flexibility index (Phi) is 9.26. The summed E-state index contributed by atoms with van der Waals surface area (Å²) in [4.78, 5) is 0. The second-order valence-corrected chi connectivity index (χ2v) is 10.8. The maximum atomic E-state index is 4.39. The Morgan fingerprint density at radius 3 is 1.26 bits per heavy atom. The van der Waals surface area contributed by atoms with Gasteiger partial charge >= 0.3 is 26.2 Å². The normalized spacial score (nSPS) is 10.8. The van der Waals surface area contributed by atoms with E-state index in [1.807, 2.05) is 0 Å². The van der Waals surface area contributed by atoms with E-state index in [0.717, 1.165) is 0 Å². The minimum atomic E-state index is 0. The van der Waals surface area contributed by atoms with E-state index in [9.17, 15) is 0 Å². The second-order valence-electron chi connectivity index (χ2n) is 10.8. The van der Waals surface area contributed by atoms with Gasteiger partial charge in [0.25, 0.3) is 0 Å². The smallest absolute Gasteiger partial charge is 0.352 e. The molecule has 8 aromatic rings. The predicted octanol–water partition coefficient (Wildman–Crippen LogP) is 11.3. The molecule has 211 valence electrons. The van der Waals surface area contributed by atoms with Crippen LogP contribution in [0.4, 0.5) is 0 Å². The summed E-state index contributed by atoms with van der Waals surface area (Å²) >= 11 is 4.39. The molecule has 0 saturated heterocycles. The molecule has 6 aromatic carbocycles. The molecular formula is C39H34ClN2Zr. The summed E-state index contributed by atoms with van der Waals surface area (Å²) in [7, 11) is 0. The van der Waals surface area contributed by atoms with Crippen molar-refractivity contribution in [3.8, 4) is 11.4 Å².